The van der Waals surface area contributed by atoms with Crippen molar-refractivity contribution < 1.29 is 19.2 Å². The number of ether oxygens (including phenoxy) is 1. The van der Waals surface area contributed by atoms with Gasteiger partial charge in [0.1, 0.15) is 13.0 Å². The average Bonchev–Trinajstić information content (AvgIpc) is 2.87. The van der Waals surface area contributed by atoms with E-state index in [2.05, 4.69) is 11.4 Å². The van der Waals surface area contributed by atoms with Gasteiger partial charge in [-0.1, -0.05) is 6.07 Å². The molecule has 1 aliphatic heterocycles. The van der Waals surface area contributed by atoms with Gasteiger partial charge in [-0.3, -0.25) is 9.59 Å². The second-order valence-corrected chi connectivity index (χ2v) is 5.55. The van der Waals surface area contributed by atoms with Crippen molar-refractivity contribution in [2.75, 3.05) is 19.7 Å². The van der Waals surface area contributed by atoms with E-state index in [1.807, 2.05) is 11.4 Å². The van der Waals surface area contributed by atoms with Crippen molar-refractivity contribution in [3.63, 3.8) is 0 Å². The topological polar surface area (TPSA) is 59.8 Å². The lowest BCUT2D eigenvalue weighted by Crippen LogP contribution is -3.18. The molecular weight excluding hydrogens is 264 g/mol. The highest BCUT2D eigenvalue weighted by molar-refractivity contribution is 7.09. The van der Waals surface area contributed by atoms with Crippen LogP contribution in [-0.4, -0.2) is 37.6 Å². The van der Waals surface area contributed by atoms with Crippen LogP contribution in [0, 0.1) is 0 Å². The predicted octanol–water partition coefficient (Wildman–Crippen LogP) is -0.415. The summed E-state index contributed by atoms with van der Waals surface area (Å²) in [4.78, 5) is 25.9. The fourth-order valence-electron chi connectivity index (χ4n) is 2.30. The molecule has 6 heteroatoms. The Labute approximate surface area is 116 Å². The van der Waals surface area contributed by atoms with Crippen molar-refractivity contribution in [1.82, 2.24) is 5.32 Å². The van der Waals surface area contributed by atoms with Crippen LogP contribution in [0.2, 0.25) is 0 Å². The third-order valence-corrected chi connectivity index (χ3v) is 4.09. The van der Waals surface area contributed by atoms with Gasteiger partial charge in [-0.15, -0.1) is 11.3 Å². The molecule has 2 heterocycles. The molecule has 0 spiro atoms. The molecule has 2 N–H and O–H groups in total. The number of piperazine rings is 1. The Morgan fingerprint density at radius 3 is 3.16 bits per heavy atom. The van der Waals surface area contributed by atoms with Gasteiger partial charge < -0.3 is 15.0 Å². The molecule has 19 heavy (non-hydrogen) atoms. The minimum atomic E-state index is -0.338. The van der Waals surface area contributed by atoms with Gasteiger partial charge in [-0.25, -0.2) is 0 Å². The van der Waals surface area contributed by atoms with Crippen LogP contribution < -0.4 is 10.2 Å². The summed E-state index contributed by atoms with van der Waals surface area (Å²) in [6.45, 7) is 4.42. The number of hydrogen-bond donors (Lipinski definition) is 2. The zero-order chi connectivity index (χ0) is 13.7. The quantitative estimate of drug-likeness (QED) is 0.722. The molecule has 1 amide bonds. The maximum atomic E-state index is 11.9. The summed E-state index contributed by atoms with van der Waals surface area (Å²) >= 11 is 1.68. The SMILES string of the molecule is CCOC(=O)C[C@@H]1C(=O)NCC[NH+]1Cc1cccs1. The summed E-state index contributed by atoms with van der Waals surface area (Å²) in [6, 6.07) is 3.73. The first-order valence-electron chi connectivity index (χ1n) is 6.51. The smallest absolute Gasteiger partial charge is 0.312 e. The monoisotopic (exact) mass is 283 g/mol. The summed E-state index contributed by atoms with van der Waals surface area (Å²) in [5.41, 5.74) is 0. The number of rotatable bonds is 5. The van der Waals surface area contributed by atoms with E-state index in [4.69, 9.17) is 4.74 Å². The third kappa shape index (κ3) is 3.78. The normalized spacial score (nSPS) is 22.9. The molecule has 1 aromatic heterocycles. The number of amides is 1. The van der Waals surface area contributed by atoms with Crippen molar-refractivity contribution in [3.8, 4) is 0 Å². The second-order valence-electron chi connectivity index (χ2n) is 4.52. The van der Waals surface area contributed by atoms with E-state index in [0.29, 0.717) is 13.2 Å². The minimum absolute atomic E-state index is 0.0501. The number of quaternary nitrogens is 1. The van der Waals surface area contributed by atoms with Gasteiger partial charge in [0.15, 0.2) is 6.04 Å². The van der Waals surface area contributed by atoms with Gasteiger partial charge in [0, 0.05) is 0 Å². The van der Waals surface area contributed by atoms with Crippen LogP contribution in [0.15, 0.2) is 17.5 Å². The van der Waals surface area contributed by atoms with Crippen molar-refractivity contribution in [2.24, 2.45) is 0 Å². The van der Waals surface area contributed by atoms with Gasteiger partial charge in [0.2, 0.25) is 0 Å². The summed E-state index contributed by atoms with van der Waals surface area (Å²) in [5.74, 6) is -0.348. The molecule has 2 rings (SSSR count). The van der Waals surface area contributed by atoms with Crippen LogP contribution in [0.3, 0.4) is 0 Å². The second kappa shape index (κ2) is 6.68. The molecule has 1 fully saturated rings. The van der Waals surface area contributed by atoms with Crippen molar-refractivity contribution in [2.45, 2.75) is 25.9 Å². The largest absolute Gasteiger partial charge is 0.466 e. The van der Waals surface area contributed by atoms with E-state index in [9.17, 15) is 9.59 Å². The fourth-order valence-corrected chi connectivity index (χ4v) is 3.06. The Morgan fingerprint density at radius 1 is 1.63 bits per heavy atom. The standard InChI is InChI=1S/C13H18N2O3S/c1-2-18-12(16)8-11-13(17)14-5-6-15(11)9-10-4-3-7-19-10/h3-4,7,11H,2,5-6,8-9H2,1H3,(H,14,17)/p+1/t11-/m1/s1. The lowest BCUT2D eigenvalue weighted by atomic mass is 10.1. The van der Waals surface area contributed by atoms with Crippen LogP contribution in [0.4, 0.5) is 0 Å². The molecule has 104 valence electrons. The molecule has 2 atom stereocenters. The molecule has 0 aliphatic carbocycles. The Hall–Kier alpha value is -1.40. The Bertz CT molecular complexity index is 433. The molecule has 1 aromatic rings. The summed E-state index contributed by atoms with van der Waals surface area (Å²) < 4.78 is 4.95. The molecule has 0 saturated carbocycles. The van der Waals surface area contributed by atoms with Gasteiger partial charge >= 0.3 is 5.97 Å². The Morgan fingerprint density at radius 2 is 2.47 bits per heavy atom. The first-order chi connectivity index (χ1) is 9.20. The number of hydrogen-bond acceptors (Lipinski definition) is 4. The van der Waals surface area contributed by atoms with Gasteiger partial charge in [0.25, 0.3) is 5.91 Å². The highest BCUT2D eigenvalue weighted by atomic mass is 32.1. The van der Waals surface area contributed by atoms with E-state index in [1.54, 1.807) is 18.3 Å². The van der Waals surface area contributed by atoms with E-state index in [-0.39, 0.29) is 24.3 Å². The molecule has 0 bridgehead atoms. The summed E-state index contributed by atoms with van der Waals surface area (Å²) in [5, 5.41) is 4.85. The van der Waals surface area contributed by atoms with Crippen LogP contribution >= 0.6 is 11.3 Å². The molecule has 0 aromatic carbocycles. The lowest BCUT2D eigenvalue weighted by Gasteiger charge is -2.31. The third-order valence-electron chi connectivity index (χ3n) is 3.21. The average molecular weight is 283 g/mol. The maximum Gasteiger partial charge on any atom is 0.312 e. The maximum absolute atomic E-state index is 11.9. The zero-order valence-corrected chi connectivity index (χ0v) is 11.8. The molecular formula is C13H19N2O3S+. The lowest BCUT2D eigenvalue weighted by molar-refractivity contribution is -0.930. The van der Waals surface area contributed by atoms with Gasteiger partial charge in [0.05, 0.1) is 24.6 Å². The predicted molar refractivity (Wildman–Crippen MR) is 71.9 cm³/mol. The van der Waals surface area contributed by atoms with Crippen molar-refractivity contribution in [1.29, 1.82) is 0 Å². The van der Waals surface area contributed by atoms with Crippen molar-refractivity contribution in [3.05, 3.63) is 22.4 Å². The molecule has 5 nitrogen and oxygen atoms in total. The molecule has 1 aliphatic rings. The summed E-state index contributed by atoms with van der Waals surface area (Å²) in [7, 11) is 0. The molecule has 1 unspecified atom stereocenters. The number of esters is 1. The van der Waals surface area contributed by atoms with E-state index >= 15 is 0 Å². The van der Waals surface area contributed by atoms with Crippen LogP contribution in [-0.2, 0) is 20.9 Å². The highest BCUT2D eigenvalue weighted by Crippen LogP contribution is 2.07. The van der Waals surface area contributed by atoms with Crippen LogP contribution in [0.5, 0.6) is 0 Å². The van der Waals surface area contributed by atoms with Gasteiger partial charge in [-0.05, 0) is 18.4 Å². The van der Waals surface area contributed by atoms with Crippen LogP contribution in [0.1, 0.15) is 18.2 Å². The van der Waals surface area contributed by atoms with E-state index < -0.39 is 0 Å². The Kier molecular flexibility index (Phi) is 4.93. The first kappa shape index (κ1) is 14.0. The minimum Gasteiger partial charge on any atom is -0.466 e. The fraction of sp³-hybridized carbons (Fsp3) is 0.538. The highest BCUT2D eigenvalue weighted by Gasteiger charge is 2.35. The van der Waals surface area contributed by atoms with Gasteiger partial charge in [-0.2, -0.15) is 0 Å². The molecule has 1 saturated heterocycles. The number of carbonyl (C=O) groups excluding carboxylic acids is 2. The Balaban J connectivity index is 2.01. The zero-order valence-electron chi connectivity index (χ0n) is 11.0. The summed E-state index contributed by atoms with van der Waals surface area (Å²) in [6.07, 6.45) is 0.153. The number of thiophene rings is 1. The van der Waals surface area contributed by atoms with Crippen LogP contribution in [0.25, 0.3) is 0 Å². The van der Waals surface area contributed by atoms with Crippen molar-refractivity contribution >= 4 is 23.2 Å². The number of nitrogens with one attached hydrogen (secondary N) is 2. The molecule has 0 radical (unpaired) electrons. The van der Waals surface area contributed by atoms with E-state index in [0.717, 1.165) is 18.0 Å². The number of carbonyl (C=O) groups is 2. The first-order valence-corrected chi connectivity index (χ1v) is 7.39. The van der Waals surface area contributed by atoms with E-state index in [1.165, 1.54) is 4.88 Å².